The first-order valence-electron chi connectivity index (χ1n) is 8.55. The quantitative estimate of drug-likeness (QED) is 0.523. The van der Waals surface area contributed by atoms with Crippen LogP contribution in [0.25, 0.3) is 6.08 Å². The van der Waals surface area contributed by atoms with E-state index >= 15 is 0 Å². The van der Waals surface area contributed by atoms with Gasteiger partial charge in [0.15, 0.2) is 6.04 Å². The van der Waals surface area contributed by atoms with Gasteiger partial charge in [-0.15, -0.1) is 6.58 Å². The average Bonchev–Trinajstić information content (AvgIpc) is 2.72. The molecular formula is C22H23NO4. The van der Waals surface area contributed by atoms with Crippen molar-refractivity contribution in [1.82, 2.24) is 4.90 Å². The van der Waals surface area contributed by atoms with E-state index in [1.165, 1.54) is 18.1 Å². The van der Waals surface area contributed by atoms with E-state index < -0.39 is 18.1 Å². The molecule has 1 amide bonds. The fourth-order valence-electron chi connectivity index (χ4n) is 2.44. The van der Waals surface area contributed by atoms with Crippen LogP contribution in [0.3, 0.4) is 0 Å². The van der Waals surface area contributed by atoms with E-state index in [4.69, 9.17) is 9.47 Å². The Morgan fingerprint density at radius 1 is 1.07 bits per heavy atom. The number of ether oxygens (including phenoxy) is 2. The molecule has 5 nitrogen and oxygen atoms in total. The van der Waals surface area contributed by atoms with Gasteiger partial charge in [0.25, 0.3) is 0 Å². The fourth-order valence-corrected chi connectivity index (χ4v) is 2.44. The molecule has 0 N–H and O–H groups in total. The molecule has 2 rings (SSSR count). The molecule has 5 heteroatoms. The van der Waals surface area contributed by atoms with Crippen molar-refractivity contribution in [3.8, 4) is 0 Å². The fraction of sp³-hybridized carbons (Fsp3) is 0.182. The Balaban J connectivity index is 2.10. The van der Waals surface area contributed by atoms with Crippen molar-refractivity contribution in [2.45, 2.75) is 12.6 Å². The number of esters is 1. The van der Waals surface area contributed by atoms with Crippen molar-refractivity contribution in [2.75, 3.05) is 13.7 Å². The summed E-state index contributed by atoms with van der Waals surface area (Å²) in [6.07, 6.45) is 4.41. The predicted molar refractivity (Wildman–Crippen MR) is 105 cm³/mol. The zero-order chi connectivity index (χ0) is 19.5. The Morgan fingerprint density at radius 2 is 1.70 bits per heavy atom. The Bertz CT molecular complexity index is 771. The Hall–Kier alpha value is -3.34. The topological polar surface area (TPSA) is 55.8 Å². The zero-order valence-corrected chi connectivity index (χ0v) is 15.3. The average molecular weight is 365 g/mol. The molecule has 0 spiro atoms. The lowest BCUT2D eigenvalue weighted by Gasteiger charge is -2.26. The molecule has 0 aliphatic rings. The number of rotatable bonds is 8. The summed E-state index contributed by atoms with van der Waals surface area (Å²) in [5, 5.41) is 0. The van der Waals surface area contributed by atoms with Crippen molar-refractivity contribution in [3.63, 3.8) is 0 Å². The van der Waals surface area contributed by atoms with Gasteiger partial charge in [-0.25, -0.2) is 9.59 Å². The molecule has 0 saturated carbocycles. The summed E-state index contributed by atoms with van der Waals surface area (Å²) in [6.45, 7) is 3.93. The van der Waals surface area contributed by atoms with Crippen LogP contribution in [0.15, 0.2) is 79.4 Å². The number of hydrogen-bond donors (Lipinski definition) is 0. The zero-order valence-electron chi connectivity index (χ0n) is 15.3. The molecule has 0 heterocycles. The largest absolute Gasteiger partial charge is 0.467 e. The van der Waals surface area contributed by atoms with Gasteiger partial charge in [-0.3, -0.25) is 4.90 Å². The molecule has 1 atom stereocenters. The lowest BCUT2D eigenvalue weighted by Crippen LogP contribution is -2.44. The number of carbonyl (C=O) groups excluding carboxylic acids is 2. The third kappa shape index (κ3) is 6.15. The standard InChI is InChI=1S/C22H23NO4/c1-3-20(21(24)26-2)23(16-10-15-18-11-6-4-7-12-18)22(25)27-17-19-13-8-5-9-14-19/h3-15,20H,1,16-17H2,2H3/b15-10+. The lowest BCUT2D eigenvalue weighted by atomic mass is 10.2. The van der Waals surface area contributed by atoms with Crippen LogP contribution in [-0.2, 0) is 20.9 Å². The summed E-state index contributed by atoms with van der Waals surface area (Å²) < 4.78 is 10.1. The summed E-state index contributed by atoms with van der Waals surface area (Å²) in [5.74, 6) is -0.574. The molecule has 1 unspecified atom stereocenters. The van der Waals surface area contributed by atoms with Crippen LogP contribution in [0.4, 0.5) is 4.79 Å². The highest BCUT2D eigenvalue weighted by Gasteiger charge is 2.28. The maximum Gasteiger partial charge on any atom is 0.411 e. The van der Waals surface area contributed by atoms with Gasteiger partial charge < -0.3 is 9.47 Å². The number of carbonyl (C=O) groups is 2. The number of hydrogen-bond acceptors (Lipinski definition) is 4. The molecule has 0 aliphatic heterocycles. The first-order valence-corrected chi connectivity index (χ1v) is 8.55. The van der Waals surface area contributed by atoms with E-state index in [1.807, 2.05) is 66.7 Å². The van der Waals surface area contributed by atoms with Gasteiger partial charge in [0.1, 0.15) is 6.61 Å². The summed E-state index contributed by atoms with van der Waals surface area (Å²) in [6, 6.07) is 18.1. The first kappa shape index (κ1) is 20.0. The molecule has 0 aliphatic carbocycles. The van der Waals surface area contributed by atoms with Gasteiger partial charge in [-0.05, 0) is 11.1 Å². The molecule has 2 aromatic carbocycles. The van der Waals surface area contributed by atoms with Gasteiger partial charge in [0.05, 0.1) is 7.11 Å². The van der Waals surface area contributed by atoms with E-state index in [0.29, 0.717) is 0 Å². The second kappa shape index (κ2) is 10.6. The SMILES string of the molecule is C=CC(C(=O)OC)N(C/C=C/c1ccccc1)C(=O)OCc1ccccc1. The van der Waals surface area contributed by atoms with Gasteiger partial charge in [-0.1, -0.05) is 78.9 Å². The van der Waals surface area contributed by atoms with Gasteiger partial charge >= 0.3 is 12.1 Å². The molecule has 27 heavy (non-hydrogen) atoms. The third-order valence-corrected chi connectivity index (χ3v) is 3.85. The van der Waals surface area contributed by atoms with Crippen molar-refractivity contribution in [3.05, 3.63) is 90.5 Å². The molecule has 140 valence electrons. The van der Waals surface area contributed by atoms with Gasteiger partial charge in [0.2, 0.25) is 0 Å². The van der Waals surface area contributed by atoms with Crippen molar-refractivity contribution >= 4 is 18.1 Å². The number of benzene rings is 2. The minimum absolute atomic E-state index is 0.115. The molecule has 0 saturated heterocycles. The van der Waals surface area contributed by atoms with Crippen molar-refractivity contribution in [2.24, 2.45) is 0 Å². The molecule has 0 radical (unpaired) electrons. The van der Waals surface area contributed by atoms with Gasteiger partial charge in [-0.2, -0.15) is 0 Å². The van der Waals surface area contributed by atoms with E-state index in [2.05, 4.69) is 6.58 Å². The highest BCUT2D eigenvalue weighted by molar-refractivity contribution is 5.83. The van der Waals surface area contributed by atoms with Crippen LogP contribution >= 0.6 is 0 Å². The molecule has 2 aromatic rings. The first-order chi connectivity index (χ1) is 13.2. The predicted octanol–water partition coefficient (Wildman–Crippen LogP) is 4.07. The lowest BCUT2D eigenvalue weighted by molar-refractivity contribution is -0.144. The minimum Gasteiger partial charge on any atom is -0.467 e. The van der Waals surface area contributed by atoms with Crippen LogP contribution in [0, 0.1) is 0 Å². The number of nitrogens with zero attached hydrogens (tertiary/aromatic N) is 1. The highest BCUT2D eigenvalue weighted by Crippen LogP contribution is 2.10. The van der Waals surface area contributed by atoms with E-state index in [-0.39, 0.29) is 13.2 Å². The summed E-state index contributed by atoms with van der Waals surface area (Å²) in [7, 11) is 1.27. The van der Waals surface area contributed by atoms with Crippen LogP contribution in [0.1, 0.15) is 11.1 Å². The molecule has 0 bridgehead atoms. The van der Waals surface area contributed by atoms with E-state index in [9.17, 15) is 9.59 Å². The Labute approximate surface area is 159 Å². The smallest absolute Gasteiger partial charge is 0.411 e. The second-order valence-corrected chi connectivity index (χ2v) is 5.71. The summed E-state index contributed by atoms with van der Waals surface area (Å²) >= 11 is 0. The second-order valence-electron chi connectivity index (χ2n) is 5.71. The van der Waals surface area contributed by atoms with Crippen LogP contribution in [0.2, 0.25) is 0 Å². The Morgan fingerprint density at radius 3 is 2.30 bits per heavy atom. The van der Waals surface area contributed by atoms with Crippen molar-refractivity contribution < 1.29 is 19.1 Å². The van der Waals surface area contributed by atoms with E-state index in [1.54, 1.807) is 6.08 Å². The van der Waals surface area contributed by atoms with E-state index in [0.717, 1.165) is 11.1 Å². The van der Waals surface area contributed by atoms with Gasteiger partial charge in [0, 0.05) is 6.54 Å². The maximum absolute atomic E-state index is 12.6. The molecule has 0 fully saturated rings. The number of methoxy groups -OCH3 is 1. The van der Waals surface area contributed by atoms with Crippen LogP contribution < -0.4 is 0 Å². The Kier molecular flexibility index (Phi) is 7.85. The normalized spacial score (nSPS) is 11.6. The maximum atomic E-state index is 12.6. The minimum atomic E-state index is -0.932. The summed E-state index contributed by atoms with van der Waals surface area (Å²) in [4.78, 5) is 25.9. The van der Waals surface area contributed by atoms with Crippen LogP contribution in [-0.4, -0.2) is 36.7 Å². The number of amides is 1. The van der Waals surface area contributed by atoms with Crippen LogP contribution in [0.5, 0.6) is 0 Å². The third-order valence-electron chi connectivity index (χ3n) is 3.85. The molecular weight excluding hydrogens is 342 g/mol. The monoisotopic (exact) mass is 365 g/mol. The summed E-state index contributed by atoms with van der Waals surface area (Å²) in [5.41, 5.74) is 1.85. The highest BCUT2D eigenvalue weighted by atomic mass is 16.6. The van der Waals surface area contributed by atoms with Crippen molar-refractivity contribution in [1.29, 1.82) is 0 Å². The molecule has 0 aromatic heterocycles.